The van der Waals surface area contributed by atoms with Crippen LogP contribution >= 0.6 is 0 Å². The molecule has 0 aromatic carbocycles. The molecular weight excluding hydrogens is 382 g/mol. The van der Waals surface area contributed by atoms with Crippen LogP contribution in [0.5, 0.6) is 5.88 Å². The number of carbonyl (C=O) groups is 1. The molecule has 3 aromatic heterocycles. The van der Waals surface area contributed by atoms with Crippen molar-refractivity contribution in [2.24, 2.45) is 11.8 Å². The van der Waals surface area contributed by atoms with Crippen LogP contribution in [0.15, 0.2) is 24.7 Å². The second kappa shape index (κ2) is 7.19. The summed E-state index contributed by atoms with van der Waals surface area (Å²) in [6.07, 6.45) is 5.91. The third-order valence-corrected chi connectivity index (χ3v) is 5.92. The van der Waals surface area contributed by atoms with Crippen molar-refractivity contribution in [3.8, 4) is 5.88 Å². The number of Topliss-reactive ketones (excluding diaryl/α,β-unsaturated/α-hetero) is 1. The fourth-order valence-electron chi connectivity index (χ4n) is 4.29. The van der Waals surface area contributed by atoms with E-state index in [-0.39, 0.29) is 24.3 Å². The van der Waals surface area contributed by atoms with Crippen molar-refractivity contribution < 1.29 is 14.3 Å². The van der Waals surface area contributed by atoms with E-state index in [1.54, 1.807) is 10.7 Å². The molecule has 0 N–H and O–H groups in total. The quantitative estimate of drug-likeness (QED) is 0.558. The Hall–Kier alpha value is -2.74. The zero-order valence-electron chi connectivity index (χ0n) is 17.8. The molecular formula is C22H27N5O3. The zero-order chi connectivity index (χ0) is 21.0. The molecule has 2 unspecified atom stereocenters. The number of rotatable bonds is 7. The molecule has 0 amide bonds. The van der Waals surface area contributed by atoms with Crippen molar-refractivity contribution in [2.45, 2.75) is 52.2 Å². The number of nitrogens with zero attached hydrogens (tertiary/aromatic N) is 5. The number of imidazole rings is 1. The summed E-state index contributed by atoms with van der Waals surface area (Å²) in [7, 11) is 0. The molecule has 2 atom stereocenters. The van der Waals surface area contributed by atoms with Gasteiger partial charge in [-0.15, -0.1) is 0 Å². The van der Waals surface area contributed by atoms with Gasteiger partial charge < -0.3 is 9.47 Å². The Morgan fingerprint density at radius 2 is 1.97 bits per heavy atom. The van der Waals surface area contributed by atoms with Gasteiger partial charge in [0.2, 0.25) is 11.7 Å². The van der Waals surface area contributed by atoms with Gasteiger partial charge in [-0.3, -0.25) is 13.9 Å². The average molecular weight is 409 g/mol. The van der Waals surface area contributed by atoms with Crippen molar-refractivity contribution in [2.75, 3.05) is 13.2 Å². The highest BCUT2D eigenvalue weighted by Gasteiger charge is 2.55. The number of fused-ring (bicyclic) bond motifs is 2. The van der Waals surface area contributed by atoms with Crippen molar-refractivity contribution in [1.82, 2.24) is 24.1 Å². The van der Waals surface area contributed by atoms with E-state index in [0.29, 0.717) is 35.1 Å². The third kappa shape index (κ3) is 3.39. The third-order valence-electron chi connectivity index (χ3n) is 5.92. The van der Waals surface area contributed by atoms with Gasteiger partial charge in [0.25, 0.3) is 0 Å². The summed E-state index contributed by atoms with van der Waals surface area (Å²) >= 11 is 0. The molecule has 1 aliphatic heterocycles. The van der Waals surface area contributed by atoms with E-state index in [0.717, 1.165) is 24.5 Å². The Bertz CT molecular complexity index is 1090. The van der Waals surface area contributed by atoms with Gasteiger partial charge >= 0.3 is 0 Å². The molecule has 0 radical (unpaired) electrons. The fraction of sp³-hybridized carbons (Fsp3) is 0.545. The summed E-state index contributed by atoms with van der Waals surface area (Å²) in [5.41, 5.74) is 2.25. The van der Waals surface area contributed by atoms with Gasteiger partial charge in [-0.1, -0.05) is 0 Å². The van der Waals surface area contributed by atoms with Crippen LogP contribution < -0.4 is 4.74 Å². The molecule has 2 aliphatic rings. The maximum absolute atomic E-state index is 12.9. The van der Waals surface area contributed by atoms with E-state index in [1.165, 1.54) is 0 Å². The van der Waals surface area contributed by atoms with Crippen LogP contribution in [-0.2, 0) is 11.2 Å². The van der Waals surface area contributed by atoms with E-state index in [2.05, 4.69) is 10.1 Å². The molecule has 1 saturated carbocycles. The smallest absolute Gasteiger partial charge is 0.237 e. The van der Waals surface area contributed by atoms with E-state index in [1.807, 2.05) is 50.7 Å². The fourth-order valence-corrected chi connectivity index (χ4v) is 4.29. The maximum Gasteiger partial charge on any atom is 0.237 e. The summed E-state index contributed by atoms with van der Waals surface area (Å²) < 4.78 is 15.1. The summed E-state index contributed by atoms with van der Waals surface area (Å²) in [5, 5.41) is 4.40. The van der Waals surface area contributed by atoms with Gasteiger partial charge in [0.15, 0.2) is 5.78 Å². The van der Waals surface area contributed by atoms with E-state index < -0.39 is 0 Å². The number of hydrogen-bond acceptors (Lipinski definition) is 6. The minimum absolute atomic E-state index is 0.0525. The van der Waals surface area contributed by atoms with Crippen molar-refractivity contribution in [3.05, 3.63) is 41.6 Å². The minimum Gasteiger partial charge on any atom is -0.475 e. The number of ether oxygens (including phenoxy) is 2. The summed E-state index contributed by atoms with van der Waals surface area (Å²) in [5.74, 6) is 2.63. The molecule has 8 nitrogen and oxygen atoms in total. The van der Waals surface area contributed by atoms with E-state index in [9.17, 15) is 4.79 Å². The Balaban J connectivity index is 1.45. The number of aromatic nitrogens is 5. The highest BCUT2D eigenvalue weighted by molar-refractivity contribution is 5.95. The Morgan fingerprint density at radius 3 is 2.63 bits per heavy atom. The molecule has 30 heavy (non-hydrogen) atoms. The topological polar surface area (TPSA) is 83.5 Å². The second-order valence-electron chi connectivity index (χ2n) is 8.88. The molecule has 4 heterocycles. The van der Waals surface area contributed by atoms with Crippen molar-refractivity contribution in [3.63, 3.8) is 0 Å². The normalized spacial score (nSPS) is 22.8. The first-order chi connectivity index (χ1) is 14.4. The standard InChI is InChI=1S/C22H27N5O3/c1-12(2)27-6-5-17(25-27)19(28)7-14-8-26-9-18(20-15-10-29-11-16(15)20)23-22(26)24-21(14)30-13(3)4/h5-6,8-9,12-13,15-16,20H,7,10-11H2,1-4H3. The van der Waals surface area contributed by atoms with Crippen molar-refractivity contribution >= 4 is 11.6 Å². The average Bonchev–Trinajstić information content (AvgIpc) is 3.16. The van der Waals surface area contributed by atoms with E-state index in [4.69, 9.17) is 14.5 Å². The van der Waals surface area contributed by atoms with Crippen LogP contribution in [0.4, 0.5) is 0 Å². The molecule has 0 bridgehead atoms. The van der Waals surface area contributed by atoms with Crippen LogP contribution in [0.1, 0.15) is 61.4 Å². The predicted octanol–water partition coefficient (Wildman–Crippen LogP) is 3.08. The number of ketones is 1. The van der Waals surface area contributed by atoms with Gasteiger partial charge in [-0.2, -0.15) is 10.1 Å². The number of carbonyl (C=O) groups excluding carboxylic acids is 1. The molecule has 2 fully saturated rings. The van der Waals surface area contributed by atoms with Gasteiger partial charge in [0.05, 0.1) is 25.0 Å². The van der Waals surface area contributed by atoms with Crippen LogP contribution in [0.25, 0.3) is 5.78 Å². The maximum atomic E-state index is 12.9. The first-order valence-electron chi connectivity index (χ1n) is 10.6. The lowest BCUT2D eigenvalue weighted by atomic mass is 10.1. The molecule has 5 rings (SSSR count). The van der Waals surface area contributed by atoms with Crippen LogP contribution in [0, 0.1) is 11.8 Å². The van der Waals surface area contributed by atoms with Gasteiger partial charge in [-0.05, 0) is 45.6 Å². The highest BCUT2D eigenvalue weighted by Crippen LogP contribution is 2.57. The zero-order valence-corrected chi connectivity index (χ0v) is 17.8. The van der Waals surface area contributed by atoms with Crippen LogP contribution in [-0.4, -0.2) is 49.3 Å². The monoisotopic (exact) mass is 409 g/mol. The molecule has 8 heteroatoms. The van der Waals surface area contributed by atoms with Crippen LogP contribution in [0.3, 0.4) is 0 Å². The van der Waals surface area contributed by atoms with Gasteiger partial charge in [0.1, 0.15) is 5.69 Å². The summed E-state index contributed by atoms with van der Waals surface area (Å²) in [4.78, 5) is 22.3. The Kier molecular flexibility index (Phi) is 4.61. The SMILES string of the molecule is CC(C)Oc1nc2nc(C3C4COCC43)cn2cc1CC(=O)c1ccn(C(C)C)n1. The van der Waals surface area contributed by atoms with Gasteiger partial charge in [0, 0.05) is 42.5 Å². The first-order valence-corrected chi connectivity index (χ1v) is 10.6. The molecule has 158 valence electrons. The Labute approximate surface area is 175 Å². The van der Waals surface area contributed by atoms with E-state index >= 15 is 0 Å². The molecule has 1 saturated heterocycles. The lowest BCUT2D eigenvalue weighted by Gasteiger charge is -2.13. The lowest BCUT2D eigenvalue weighted by molar-refractivity contribution is 0.0984. The van der Waals surface area contributed by atoms with Crippen LogP contribution in [0.2, 0.25) is 0 Å². The van der Waals surface area contributed by atoms with Gasteiger partial charge in [-0.25, -0.2) is 4.98 Å². The lowest BCUT2D eigenvalue weighted by Crippen LogP contribution is -2.13. The highest BCUT2D eigenvalue weighted by atomic mass is 16.5. The summed E-state index contributed by atoms with van der Waals surface area (Å²) in [6, 6.07) is 1.97. The largest absolute Gasteiger partial charge is 0.475 e. The second-order valence-corrected chi connectivity index (χ2v) is 8.88. The summed E-state index contributed by atoms with van der Waals surface area (Å²) in [6.45, 7) is 9.60. The molecule has 0 spiro atoms. The number of hydrogen-bond donors (Lipinski definition) is 0. The Morgan fingerprint density at radius 1 is 1.20 bits per heavy atom. The molecule has 3 aromatic rings. The molecule has 1 aliphatic carbocycles. The predicted molar refractivity (Wildman–Crippen MR) is 110 cm³/mol. The minimum atomic E-state index is -0.0571. The first kappa shape index (κ1) is 19.2. The van der Waals surface area contributed by atoms with Crippen molar-refractivity contribution in [1.29, 1.82) is 0 Å².